The van der Waals surface area contributed by atoms with E-state index in [2.05, 4.69) is 10.3 Å². The summed E-state index contributed by atoms with van der Waals surface area (Å²) in [7, 11) is 0. The summed E-state index contributed by atoms with van der Waals surface area (Å²) in [5.41, 5.74) is 2.18. The minimum Gasteiger partial charge on any atom is -0.441 e. The number of carbonyl (C=O) groups is 1. The molecule has 0 saturated carbocycles. The van der Waals surface area contributed by atoms with Gasteiger partial charge < -0.3 is 9.73 Å². The number of aryl methyl sites for hydroxylation is 1. The summed E-state index contributed by atoms with van der Waals surface area (Å²) in [6.45, 7) is 0. The van der Waals surface area contributed by atoms with Crippen LogP contribution in [0.5, 0.6) is 0 Å². The molecule has 1 N–H and O–H groups in total. The maximum Gasteiger partial charge on any atom is 0.224 e. The van der Waals surface area contributed by atoms with E-state index in [1.165, 1.54) is 24.3 Å². The minimum atomic E-state index is -0.325. The van der Waals surface area contributed by atoms with E-state index in [4.69, 9.17) is 4.42 Å². The van der Waals surface area contributed by atoms with Gasteiger partial charge in [0.1, 0.15) is 11.3 Å². The van der Waals surface area contributed by atoms with E-state index < -0.39 is 0 Å². The largest absolute Gasteiger partial charge is 0.441 e. The first-order valence-corrected chi connectivity index (χ1v) is 7.10. The van der Waals surface area contributed by atoms with Gasteiger partial charge in [-0.2, -0.15) is 0 Å². The second-order valence-electron chi connectivity index (χ2n) is 4.98. The Labute approximate surface area is 127 Å². The van der Waals surface area contributed by atoms with Crippen molar-refractivity contribution in [2.45, 2.75) is 19.3 Å². The Morgan fingerprint density at radius 1 is 1.14 bits per heavy atom. The highest BCUT2D eigenvalue weighted by Crippen LogP contribution is 2.16. The molecule has 0 radical (unpaired) electrons. The monoisotopic (exact) mass is 298 g/mol. The minimum absolute atomic E-state index is 0.109. The molecule has 0 aliphatic heterocycles. The van der Waals surface area contributed by atoms with Gasteiger partial charge in [0.15, 0.2) is 11.5 Å². The van der Waals surface area contributed by atoms with Crippen LogP contribution in [-0.4, -0.2) is 10.9 Å². The molecule has 5 heteroatoms. The second kappa shape index (κ2) is 6.39. The van der Waals surface area contributed by atoms with Gasteiger partial charge in [-0.15, -0.1) is 0 Å². The van der Waals surface area contributed by atoms with Crippen molar-refractivity contribution in [3.05, 3.63) is 60.2 Å². The van der Waals surface area contributed by atoms with Crippen molar-refractivity contribution in [1.29, 1.82) is 0 Å². The molecule has 4 nitrogen and oxygen atoms in total. The number of fused-ring (bicyclic) bond motifs is 1. The van der Waals surface area contributed by atoms with E-state index in [0.717, 1.165) is 11.1 Å². The topological polar surface area (TPSA) is 55.1 Å². The number of rotatable bonds is 5. The number of halogens is 1. The Kier molecular flexibility index (Phi) is 4.14. The molecule has 0 saturated heterocycles. The van der Waals surface area contributed by atoms with Crippen LogP contribution in [0, 0.1) is 5.82 Å². The predicted molar refractivity (Wildman–Crippen MR) is 82.0 cm³/mol. The summed E-state index contributed by atoms with van der Waals surface area (Å²) in [4.78, 5) is 16.2. The Morgan fingerprint density at radius 3 is 2.68 bits per heavy atom. The van der Waals surface area contributed by atoms with Gasteiger partial charge in [0, 0.05) is 18.5 Å². The lowest BCUT2D eigenvalue weighted by atomic mass is 10.2. The van der Waals surface area contributed by atoms with Gasteiger partial charge in [0.05, 0.1) is 0 Å². The quantitative estimate of drug-likeness (QED) is 0.776. The van der Waals surface area contributed by atoms with E-state index in [1.807, 2.05) is 24.3 Å². The molecule has 0 aliphatic rings. The van der Waals surface area contributed by atoms with Crippen LogP contribution in [0.4, 0.5) is 10.1 Å². The molecule has 1 aromatic heterocycles. The van der Waals surface area contributed by atoms with Crippen molar-refractivity contribution >= 4 is 22.7 Å². The van der Waals surface area contributed by atoms with Crippen LogP contribution < -0.4 is 5.32 Å². The first-order valence-electron chi connectivity index (χ1n) is 7.10. The fraction of sp³-hybridized carbons (Fsp3) is 0.176. The van der Waals surface area contributed by atoms with E-state index in [-0.39, 0.29) is 11.7 Å². The normalized spacial score (nSPS) is 10.8. The zero-order valence-electron chi connectivity index (χ0n) is 11.9. The molecule has 22 heavy (non-hydrogen) atoms. The molecule has 1 amide bonds. The maximum absolute atomic E-state index is 12.8. The lowest BCUT2D eigenvalue weighted by Gasteiger charge is -2.04. The number of aromatic nitrogens is 1. The van der Waals surface area contributed by atoms with Crippen LogP contribution in [0.1, 0.15) is 18.7 Å². The predicted octanol–water partition coefficient (Wildman–Crippen LogP) is 3.93. The number of carbonyl (C=O) groups excluding carboxylic acids is 1. The van der Waals surface area contributed by atoms with Gasteiger partial charge in [-0.1, -0.05) is 12.1 Å². The SMILES string of the molecule is O=C(CCCc1nc2ccccc2o1)Nc1ccc(F)cc1. The number of nitrogens with zero attached hydrogens (tertiary/aromatic N) is 1. The molecular weight excluding hydrogens is 283 g/mol. The first-order chi connectivity index (χ1) is 10.7. The van der Waals surface area contributed by atoms with Crippen molar-refractivity contribution in [1.82, 2.24) is 4.98 Å². The molecule has 0 bridgehead atoms. The van der Waals surface area contributed by atoms with Crippen LogP contribution in [-0.2, 0) is 11.2 Å². The molecule has 1 heterocycles. The molecule has 0 aliphatic carbocycles. The van der Waals surface area contributed by atoms with Gasteiger partial charge in [-0.3, -0.25) is 4.79 Å². The molecule has 0 atom stereocenters. The summed E-state index contributed by atoms with van der Waals surface area (Å²) in [6.07, 6.45) is 1.60. The maximum atomic E-state index is 12.8. The van der Waals surface area contributed by atoms with Crippen molar-refractivity contribution in [3.8, 4) is 0 Å². The molecule has 112 valence electrons. The number of amides is 1. The summed E-state index contributed by atoms with van der Waals surface area (Å²) in [6, 6.07) is 13.3. The van der Waals surface area contributed by atoms with Gasteiger partial charge in [0.25, 0.3) is 0 Å². The van der Waals surface area contributed by atoms with Crippen molar-refractivity contribution in [2.75, 3.05) is 5.32 Å². The lowest BCUT2D eigenvalue weighted by molar-refractivity contribution is -0.116. The average Bonchev–Trinajstić information content (AvgIpc) is 2.92. The number of oxazole rings is 1. The summed E-state index contributed by atoms with van der Waals surface area (Å²) in [5.74, 6) is 0.201. The third-order valence-electron chi connectivity index (χ3n) is 3.26. The van der Waals surface area contributed by atoms with Crippen LogP contribution in [0.25, 0.3) is 11.1 Å². The zero-order chi connectivity index (χ0) is 15.4. The van der Waals surface area contributed by atoms with Gasteiger partial charge >= 0.3 is 0 Å². The van der Waals surface area contributed by atoms with Gasteiger partial charge in [-0.25, -0.2) is 9.37 Å². The fourth-order valence-corrected chi connectivity index (χ4v) is 2.18. The van der Waals surface area contributed by atoms with Crippen molar-refractivity contribution < 1.29 is 13.6 Å². The van der Waals surface area contributed by atoms with E-state index in [1.54, 1.807) is 0 Å². The number of benzene rings is 2. The lowest BCUT2D eigenvalue weighted by Crippen LogP contribution is -2.11. The number of hydrogen-bond donors (Lipinski definition) is 1. The number of anilines is 1. The second-order valence-corrected chi connectivity index (χ2v) is 4.98. The zero-order valence-corrected chi connectivity index (χ0v) is 11.9. The van der Waals surface area contributed by atoms with E-state index in [9.17, 15) is 9.18 Å². The van der Waals surface area contributed by atoms with Crippen LogP contribution in [0.3, 0.4) is 0 Å². The number of nitrogens with one attached hydrogen (secondary N) is 1. The van der Waals surface area contributed by atoms with Crippen molar-refractivity contribution in [3.63, 3.8) is 0 Å². The molecule has 3 aromatic rings. The molecular formula is C17H15FN2O2. The molecule has 0 fully saturated rings. The highest BCUT2D eigenvalue weighted by atomic mass is 19.1. The van der Waals surface area contributed by atoms with Gasteiger partial charge in [0.2, 0.25) is 5.91 Å². The molecule has 0 unspecified atom stereocenters. The Bertz CT molecular complexity index is 748. The van der Waals surface area contributed by atoms with Crippen LogP contribution in [0.2, 0.25) is 0 Å². The van der Waals surface area contributed by atoms with E-state index in [0.29, 0.717) is 30.8 Å². The third-order valence-corrected chi connectivity index (χ3v) is 3.26. The highest BCUT2D eigenvalue weighted by molar-refractivity contribution is 5.90. The molecule has 2 aromatic carbocycles. The summed E-state index contributed by atoms with van der Waals surface area (Å²) >= 11 is 0. The summed E-state index contributed by atoms with van der Waals surface area (Å²) < 4.78 is 18.4. The highest BCUT2D eigenvalue weighted by Gasteiger charge is 2.07. The van der Waals surface area contributed by atoms with Crippen molar-refractivity contribution in [2.24, 2.45) is 0 Å². The molecule has 3 rings (SSSR count). The average molecular weight is 298 g/mol. The Hall–Kier alpha value is -2.69. The van der Waals surface area contributed by atoms with Gasteiger partial charge in [-0.05, 0) is 42.8 Å². The van der Waals surface area contributed by atoms with Crippen LogP contribution >= 0.6 is 0 Å². The number of hydrogen-bond acceptors (Lipinski definition) is 3. The van der Waals surface area contributed by atoms with Crippen LogP contribution in [0.15, 0.2) is 52.9 Å². The first kappa shape index (κ1) is 14.3. The standard InChI is InChI=1S/C17H15FN2O2/c18-12-8-10-13(11-9-12)19-16(21)6-3-7-17-20-14-4-1-2-5-15(14)22-17/h1-2,4-5,8-11H,3,6-7H2,(H,19,21). The third kappa shape index (κ3) is 3.49. The Balaban J connectivity index is 1.49. The smallest absolute Gasteiger partial charge is 0.224 e. The number of para-hydroxylation sites is 2. The molecule has 0 spiro atoms. The Morgan fingerprint density at radius 2 is 1.91 bits per heavy atom. The van der Waals surface area contributed by atoms with E-state index >= 15 is 0 Å². The fourth-order valence-electron chi connectivity index (χ4n) is 2.18. The summed E-state index contributed by atoms with van der Waals surface area (Å²) in [5, 5.41) is 2.73.